The van der Waals surface area contributed by atoms with Gasteiger partial charge in [0.15, 0.2) is 11.5 Å². The van der Waals surface area contributed by atoms with Crippen molar-refractivity contribution in [1.29, 1.82) is 0 Å². The Morgan fingerprint density at radius 3 is 2.28 bits per heavy atom. The van der Waals surface area contributed by atoms with E-state index in [-0.39, 0.29) is 5.69 Å². The van der Waals surface area contributed by atoms with Crippen molar-refractivity contribution in [2.75, 3.05) is 18.9 Å². The number of halogens is 3. The van der Waals surface area contributed by atoms with E-state index in [1.165, 1.54) is 20.3 Å². The second-order valence-corrected chi connectivity index (χ2v) is 10.2. The molecule has 0 aliphatic heterocycles. The molecule has 0 atom stereocenters. The lowest BCUT2D eigenvalue weighted by Gasteiger charge is -2.13. The van der Waals surface area contributed by atoms with Gasteiger partial charge in [0, 0.05) is 23.3 Å². The molecular weight excluding hydrogens is 533 g/mol. The van der Waals surface area contributed by atoms with Gasteiger partial charge in [0.25, 0.3) is 10.0 Å². The van der Waals surface area contributed by atoms with Gasteiger partial charge >= 0.3 is 6.18 Å². The molecule has 0 spiro atoms. The van der Waals surface area contributed by atoms with Gasteiger partial charge in [0.2, 0.25) is 0 Å². The number of anilines is 1. The summed E-state index contributed by atoms with van der Waals surface area (Å²) in [6.45, 7) is 0. The summed E-state index contributed by atoms with van der Waals surface area (Å²) < 4.78 is 84.1. The Morgan fingerprint density at radius 1 is 0.795 bits per heavy atom. The standard InChI is InChI=1S/C28H21F3N2O5S/c1-36-26-15-23-24(16-27(26)37-2)32-11-10-25(23)38-21-9-7-17-6-8-20(12-18(17)13-21)33-39(34,35)22-5-3-4-19(14-22)28(29,30)31/h3-16,33H,1-2H3. The van der Waals surface area contributed by atoms with Crippen molar-refractivity contribution in [3.63, 3.8) is 0 Å². The number of rotatable bonds is 7. The van der Waals surface area contributed by atoms with Crippen molar-refractivity contribution in [1.82, 2.24) is 4.98 Å². The van der Waals surface area contributed by atoms with Crippen LogP contribution in [0.2, 0.25) is 0 Å². The van der Waals surface area contributed by atoms with Crippen LogP contribution < -0.4 is 18.9 Å². The maximum absolute atomic E-state index is 13.1. The number of benzene rings is 4. The van der Waals surface area contributed by atoms with E-state index >= 15 is 0 Å². The molecule has 0 radical (unpaired) electrons. The molecule has 5 aromatic rings. The number of hydrogen-bond donors (Lipinski definition) is 1. The van der Waals surface area contributed by atoms with Gasteiger partial charge in [-0.1, -0.05) is 18.2 Å². The van der Waals surface area contributed by atoms with Gasteiger partial charge < -0.3 is 14.2 Å². The van der Waals surface area contributed by atoms with Crippen LogP contribution >= 0.6 is 0 Å². The van der Waals surface area contributed by atoms with Crippen molar-refractivity contribution in [2.24, 2.45) is 0 Å². The number of methoxy groups -OCH3 is 2. The van der Waals surface area contributed by atoms with E-state index in [2.05, 4.69) is 9.71 Å². The Bertz CT molecular complexity index is 1810. The molecule has 0 aliphatic rings. The summed E-state index contributed by atoms with van der Waals surface area (Å²) in [6.07, 6.45) is -3.06. The lowest BCUT2D eigenvalue weighted by Crippen LogP contribution is -2.14. The molecule has 0 saturated heterocycles. The molecule has 0 saturated carbocycles. The minimum absolute atomic E-state index is 0.184. The van der Waals surface area contributed by atoms with Crippen LogP contribution in [0, 0.1) is 0 Å². The Morgan fingerprint density at radius 2 is 1.54 bits per heavy atom. The molecule has 7 nitrogen and oxygen atoms in total. The molecule has 1 N–H and O–H groups in total. The van der Waals surface area contributed by atoms with E-state index < -0.39 is 26.7 Å². The minimum Gasteiger partial charge on any atom is -0.493 e. The fourth-order valence-electron chi connectivity index (χ4n) is 4.07. The van der Waals surface area contributed by atoms with Gasteiger partial charge in [-0.2, -0.15) is 13.2 Å². The predicted octanol–water partition coefficient (Wildman–Crippen LogP) is 7.02. The first-order chi connectivity index (χ1) is 18.6. The fraction of sp³-hybridized carbons (Fsp3) is 0.107. The van der Waals surface area contributed by atoms with Crippen molar-refractivity contribution in [3.05, 3.63) is 90.6 Å². The average Bonchev–Trinajstić information content (AvgIpc) is 2.91. The van der Waals surface area contributed by atoms with E-state index in [9.17, 15) is 21.6 Å². The topological polar surface area (TPSA) is 86.8 Å². The number of nitrogens with zero attached hydrogens (tertiary/aromatic N) is 1. The third-order valence-electron chi connectivity index (χ3n) is 5.97. The summed E-state index contributed by atoms with van der Waals surface area (Å²) in [7, 11) is -1.21. The van der Waals surface area contributed by atoms with E-state index in [1.807, 2.05) is 6.07 Å². The van der Waals surface area contributed by atoms with Crippen LogP contribution in [-0.2, 0) is 16.2 Å². The van der Waals surface area contributed by atoms with Crippen molar-refractivity contribution >= 4 is 37.4 Å². The SMILES string of the molecule is COc1cc2nccc(Oc3ccc4ccc(NS(=O)(=O)c5cccc(C(F)(F)F)c5)cc4c3)c2cc1OC. The summed E-state index contributed by atoms with van der Waals surface area (Å²) in [5.74, 6) is 2.03. The summed E-state index contributed by atoms with van der Waals surface area (Å²) >= 11 is 0. The molecule has 0 fully saturated rings. The number of ether oxygens (including phenoxy) is 3. The number of sulfonamides is 1. The molecule has 0 bridgehead atoms. The Kier molecular flexibility index (Phi) is 6.69. The number of nitrogens with one attached hydrogen (secondary N) is 1. The van der Waals surface area contributed by atoms with Crippen LogP contribution in [0.5, 0.6) is 23.0 Å². The highest BCUT2D eigenvalue weighted by molar-refractivity contribution is 7.92. The van der Waals surface area contributed by atoms with Crippen molar-refractivity contribution < 1.29 is 35.8 Å². The molecule has 11 heteroatoms. The summed E-state index contributed by atoms with van der Waals surface area (Å²) in [5.41, 5.74) is -0.231. The first-order valence-electron chi connectivity index (χ1n) is 11.5. The molecule has 5 rings (SSSR count). The predicted molar refractivity (Wildman–Crippen MR) is 141 cm³/mol. The molecule has 39 heavy (non-hydrogen) atoms. The molecule has 0 unspecified atom stereocenters. The van der Waals surface area contributed by atoms with Gasteiger partial charge in [-0.15, -0.1) is 0 Å². The molecule has 4 aromatic carbocycles. The largest absolute Gasteiger partial charge is 0.493 e. The smallest absolute Gasteiger partial charge is 0.416 e. The van der Waals surface area contributed by atoms with Crippen molar-refractivity contribution in [2.45, 2.75) is 11.1 Å². The number of alkyl halides is 3. The van der Waals surface area contributed by atoms with E-state index in [1.54, 1.807) is 48.7 Å². The summed E-state index contributed by atoms with van der Waals surface area (Å²) in [6, 6.07) is 18.9. The van der Waals surface area contributed by atoms with Gasteiger partial charge in [0.1, 0.15) is 11.5 Å². The zero-order chi connectivity index (χ0) is 27.8. The highest BCUT2D eigenvalue weighted by atomic mass is 32.2. The number of fused-ring (bicyclic) bond motifs is 2. The van der Waals surface area contributed by atoms with Gasteiger partial charge in [-0.3, -0.25) is 9.71 Å². The van der Waals surface area contributed by atoms with Crippen LogP contribution in [-0.4, -0.2) is 27.6 Å². The van der Waals surface area contributed by atoms with Crippen LogP contribution in [0.1, 0.15) is 5.56 Å². The normalized spacial score (nSPS) is 11.9. The average molecular weight is 555 g/mol. The van der Waals surface area contributed by atoms with Crippen LogP contribution in [0.25, 0.3) is 21.7 Å². The zero-order valence-electron chi connectivity index (χ0n) is 20.6. The third-order valence-corrected chi connectivity index (χ3v) is 7.35. The quantitative estimate of drug-likeness (QED) is 0.233. The number of pyridine rings is 1. The zero-order valence-corrected chi connectivity index (χ0v) is 21.4. The fourth-order valence-corrected chi connectivity index (χ4v) is 5.16. The van der Waals surface area contributed by atoms with Gasteiger partial charge in [-0.25, -0.2) is 8.42 Å². The second kappa shape index (κ2) is 9.99. The number of aromatic nitrogens is 1. The van der Waals surface area contributed by atoms with Crippen LogP contribution in [0.15, 0.2) is 90.0 Å². The monoisotopic (exact) mass is 554 g/mol. The molecule has 1 heterocycles. The molecule has 0 amide bonds. The summed E-state index contributed by atoms with van der Waals surface area (Å²) in [5, 5.41) is 2.14. The lowest BCUT2D eigenvalue weighted by molar-refractivity contribution is -0.137. The maximum atomic E-state index is 13.1. The molecule has 1 aromatic heterocycles. The molecule has 0 aliphatic carbocycles. The highest BCUT2D eigenvalue weighted by Crippen LogP contribution is 2.37. The van der Waals surface area contributed by atoms with Gasteiger partial charge in [-0.05, 0) is 65.4 Å². The Balaban J connectivity index is 1.45. The molecule has 200 valence electrons. The summed E-state index contributed by atoms with van der Waals surface area (Å²) in [4.78, 5) is 3.87. The second-order valence-electron chi connectivity index (χ2n) is 8.49. The number of hydrogen-bond acceptors (Lipinski definition) is 6. The first kappa shape index (κ1) is 26.1. The van der Waals surface area contributed by atoms with Crippen LogP contribution in [0.4, 0.5) is 18.9 Å². The Hall–Kier alpha value is -4.51. The Labute approximate surface area is 221 Å². The minimum atomic E-state index is -4.66. The first-order valence-corrected chi connectivity index (χ1v) is 13.0. The van der Waals surface area contributed by atoms with Crippen LogP contribution in [0.3, 0.4) is 0 Å². The van der Waals surface area contributed by atoms with Gasteiger partial charge in [0.05, 0.1) is 30.2 Å². The highest BCUT2D eigenvalue weighted by Gasteiger charge is 2.31. The lowest BCUT2D eigenvalue weighted by atomic mass is 10.1. The van der Waals surface area contributed by atoms with E-state index in [0.717, 1.165) is 23.6 Å². The van der Waals surface area contributed by atoms with E-state index in [0.29, 0.717) is 45.4 Å². The van der Waals surface area contributed by atoms with Crippen molar-refractivity contribution in [3.8, 4) is 23.0 Å². The maximum Gasteiger partial charge on any atom is 0.416 e. The van der Waals surface area contributed by atoms with E-state index in [4.69, 9.17) is 14.2 Å². The molecular formula is C28H21F3N2O5S. The third kappa shape index (κ3) is 5.39.